The van der Waals surface area contributed by atoms with Crippen molar-refractivity contribution < 1.29 is 22.7 Å². The van der Waals surface area contributed by atoms with E-state index in [1.54, 1.807) is 64.5 Å². The Morgan fingerprint density at radius 3 is 2.39 bits per heavy atom. The third-order valence-electron chi connectivity index (χ3n) is 4.35. The zero-order chi connectivity index (χ0) is 20.9. The molecule has 0 heterocycles. The maximum absolute atomic E-state index is 12.6. The van der Waals surface area contributed by atoms with Crippen molar-refractivity contribution in [3.63, 3.8) is 0 Å². The van der Waals surface area contributed by atoms with Gasteiger partial charge in [0.05, 0.1) is 32.2 Å². The highest BCUT2D eigenvalue weighted by atomic mass is 32.2. The molecule has 0 fully saturated rings. The Bertz CT molecular complexity index is 943. The molecule has 0 unspecified atom stereocenters. The number of carbonyl (C=O) groups excluding carboxylic acids is 1. The van der Waals surface area contributed by atoms with E-state index < -0.39 is 22.0 Å². The van der Waals surface area contributed by atoms with Gasteiger partial charge in [-0.25, -0.2) is 8.42 Å². The van der Waals surface area contributed by atoms with Crippen molar-refractivity contribution >= 4 is 21.6 Å². The first-order valence-corrected chi connectivity index (χ1v) is 10.6. The van der Waals surface area contributed by atoms with Crippen LogP contribution in [0.15, 0.2) is 42.5 Å². The van der Waals surface area contributed by atoms with Crippen LogP contribution in [0.4, 0.5) is 5.69 Å². The molecule has 2 aromatic rings. The molecule has 2 rings (SSSR count). The van der Waals surface area contributed by atoms with E-state index in [2.05, 4.69) is 5.32 Å². The van der Waals surface area contributed by atoms with E-state index in [9.17, 15) is 13.2 Å². The minimum absolute atomic E-state index is 0.319. The average molecular weight is 407 g/mol. The highest BCUT2D eigenvalue weighted by molar-refractivity contribution is 7.92. The largest absolute Gasteiger partial charge is 0.497 e. The Kier molecular flexibility index (Phi) is 6.90. The second kappa shape index (κ2) is 8.97. The lowest BCUT2D eigenvalue weighted by Crippen LogP contribution is -2.41. The summed E-state index contributed by atoms with van der Waals surface area (Å²) in [5.74, 6) is 0.813. The molecule has 1 N–H and O–H groups in total. The summed E-state index contributed by atoms with van der Waals surface area (Å²) in [4.78, 5) is 12.6. The van der Waals surface area contributed by atoms with E-state index in [-0.39, 0.29) is 6.54 Å². The molecule has 0 bridgehead atoms. The monoisotopic (exact) mass is 406 g/mol. The summed E-state index contributed by atoms with van der Waals surface area (Å²) in [5, 5.41) is 2.83. The number of sulfonamides is 1. The zero-order valence-corrected chi connectivity index (χ0v) is 17.5. The minimum atomic E-state index is -3.63. The molecule has 0 saturated heterocycles. The van der Waals surface area contributed by atoms with Crippen molar-refractivity contribution in [1.82, 2.24) is 5.32 Å². The van der Waals surface area contributed by atoms with Crippen LogP contribution in [-0.2, 0) is 14.8 Å². The van der Waals surface area contributed by atoms with Crippen molar-refractivity contribution in [2.75, 3.05) is 31.3 Å². The number of hydrogen-bond acceptors (Lipinski definition) is 5. The quantitative estimate of drug-likeness (QED) is 0.729. The standard InChI is InChI=1S/C20H26N2O5S/c1-14-8-6-7-9-18(14)22(28(5,24)25)13-20(23)21-15(2)17-12-16(26-3)10-11-19(17)27-4/h6-12,15H,13H2,1-5H3,(H,21,23)/t15-/m0/s1. The number of nitrogens with zero attached hydrogens (tertiary/aromatic N) is 1. The van der Waals surface area contributed by atoms with Crippen LogP contribution in [0.5, 0.6) is 11.5 Å². The smallest absolute Gasteiger partial charge is 0.241 e. The van der Waals surface area contributed by atoms with Gasteiger partial charge in [0, 0.05) is 5.56 Å². The topological polar surface area (TPSA) is 84.9 Å². The van der Waals surface area contributed by atoms with Gasteiger partial charge in [-0.15, -0.1) is 0 Å². The van der Waals surface area contributed by atoms with E-state index in [0.717, 1.165) is 21.7 Å². The van der Waals surface area contributed by atoms with E-state index in [0.29, 0.717) is 17.2 Å². The van der Waals surface area contributed by atoms with Crippen molar-refractivity contribution in [1.29, 1.82) is 0 Å². The van der Waals surface area contributed by atoms with Crippen LogP contribution in [0.2, 0.25) is 0 Å². The summed E-state index contributed by atoms with van der Waals surface area (Å²) in [7, 11) is -0.530. The summed E-state index contributed by atoms with van der Waals surface area (Å²) >= 11 is 0. The summed E-state index contributed by atoms with van der Waals surface area (Å²) in [6, 6.07) is 11.9. The summed E-state index contributed by atoms with van der Waals surface area (Å²) in [5.41, 5.74) is 1.98. The molecule has 0 aliphatic heterocycles. The number of anilines is 1. The molecule has 0 aliphatic rings. The van der Waals surface area contributed by atoms with Crippen LogP contribution >= 0.6 is 0 Å². The summed E-state index contributed by atoms with van der Waals surface area (Å²) < 4.78 is 36.2. The van der Waals surface area contributed by atoms with Gasteiger partial charge >= 0.3 is 0 Å². The summed E-state index contributed by atoms with van der Waals surface area (Å²) in [6.07, 6.45) is 1.08. The van der Waals surface area contributed by atoms with Crippen LogP contribution < -0.4 is 19.1 Å². The maximum Gasteiger partial charge on any atom is 0.241 e. The number of nitrogens with one attached hydrogen (secondary N) is 1. The number of carbonyl (C=O) groups is 1. The number of benzene rings is 2. The Morgan fingerprint density at radius 1 is 1.14 bits per heavy atom. The van der Waals surface area contributed by atoms with Gasteiger partial charge in [0.2, 0.25) is 15.9 Å². The lowest BCUT2D eigenvalue weighted by Gasteiger charge is -2.25. The lowest BCUT2D eigenvalue weighted by atomic mass is 10.1. The normalized spacial score (nSPS) is 12.2. The van der Waals surface area contributed by atoms with Crippen LogP contribution in [0, 0.1) is 6.92 Å². The molecular weight excluding hydrogens is 380 g/mol. The number of amides is 1. The van der Waals surface area contributed by atoms with Gasteiger partial charge in [-0.3, -0.25) is 9.10 Å². The van der Waals surface area contributed by atoms with Gasteiger partial charge in [0.25, 0.3) is 0 Å². The van der Waals surface area contributed by atoms with E-state index in [1.165, 1.54) is 0 Å². The fourth-order valence-electron chi connectivity index (χ4n) is 2.90. The SMILES string of the molecule is COc1ccc(OC)c([C@H](C)NC(=O)CN(c2ccccc2C)S(C)(=O)=O)c1. The second-order valence-corrected chi connectivity index (χ2v) is 8.36. The Labute approximate surface area is 166 Å². The highest BCUT2D eigenvalue weighted by Crippen LogP contribution is 2.29. The Hall–Kier alpha value is -2.74. The van der Waals surface area contributed by atoms with Crippen molar-refractivity contribution in [2.24, 2.45) is 0 Å². The molecule has 28 heavy (non-hydrogen) atoms. The Morgan fingerprint density at radius 2 is 1.82 bits per heavy atom. The van der Waals surface area contributed by atoms with Gasteiger partial charge < -0.3 is 14.8 Å². The molecule has 1 atom stereocenters. The first kappa shape index (κ1) is 21.6. The van der Waals surface area contributed by atoms with E-state index in [1.807, 2.05) is 6.07 Å². The molecule has 0 saturated carbocycles. The molecule has 0 aromatic heterocycles. The first-order valence-electron chi connectivity index (χ1n) is 8.72. The molecule has 1 amide bonds. The molecule has 0 aliphatic carbocycles. The van der Waals surface area contributed by atoms with Gasteiger partial charge in [0.15, 0.2) is 0 Å². The van der Waals surface area contributed by atoms with Crippen molar-refractivity contribution in [2.45, 2.75) is 19.9 Å². The minimum Gasteiger partial charge on any atom is -0.497 e. The van der Waals surface area contributed by atoms with Crippen LogP contribution in [0.1, 0.15) is 24.1 Å². The second-order valence-electron chi connectivity index (χ2n) is 6.45. The molecule has 0 spiro atoms. The Balaban J connectivity index is 2.23. The number of rotatable bonds is 8. The predicted octanol–water partition coefficient (Wildman–Crippen LogP) is 2.66. The van der Waals surface area contributed by atoms with E-state index in [4.69, 9.17) is 9.47 Å². The molecule has 0 radical (unpaired) electrons. The van der Waals surface area contributed by atoms with Gasteiger partial charge in [-0.2, -0.15) is 0 Å². The van der Waals surface area contributed by atoms with Crippen LogP contribution in [0.25, 0.3) is 0 Å². The van der Waals surface area contributed by atoms with Gasteiger partial charge in [-0.05, 0) is 43.7 Å². The molecule has 8 heteroatoms. The van der Waals surface area contributed by atoms with Gasteiger partial charge in [-0.1, -0.05) is 18.2 Å². The number of aryl methyl sites for hydroxylation is 1. The number of para-hydroxylation sites is 1. The molecule has 2 aromatic carbocycles. The van der Waals surface area contributed by atoms with Crippen LogP contribution in [0.3, 0.4) is 0 Å². The van der Waals surface area contributed by atoms with Crippen molar-refractivity contribution in [3.8, 4) is 11.5 Å². The first-order chi connectivity index (χ1) is 13.2. The lowest BCUT2D eigenvalue weighted by molar-refractivity contribution is -0.120. The number of ether oxygens (including phenoxy) is 2. The molecule has 7 nitrogen and oxygen atoms in total. The predicted molar refractivity (Wildman–Crippen MR) is 109 cm³/mol. The zero-order valence-electron chi connectivity index (χ0n) is 16.7. The van der Waals surface area contributed by atoms with Crippen molar-refractivity contribution in [3.05, 3.63) is 53.6 Å². The number of methoxy groups -OCH3 is 2. The summed E-state index contributed by atoms with van der Waals surface area (Å²) in [6.45, 7) is 3.28. The van der Waals surface area contributed by atoms with Crippen LogP contribution in [-0.4, -0.2) is 41.3 Å². The maximum atomic E-state index is 12.6. The highest BCUT2D eigenvalue weighted by Gasteiger charge is 2.23. The molecule has 152 valence electrons. The van der Waals surface area contributed by atoms with Gasteiger partial charge in [0.1, 0.15) is 18.0 Å². The third kappa shape index (κ3) is 5.16. The fourth-order valence-corrected chi connectivity index (χ4v) is 3.81. The molecular formula is C20H26N2O5S. The average Bonchev–Trinajstić information content (AvgIpc) is 2.65. The number of hydrogen-bond donors (Lipinski definition) is 1. The third-order valence-corrected chi connectivity index (χ3v) is 5.48. The van der Waals surface area contributed by atoms with E-state index >= 15 is 0 Å². The fraction of sp³-hybridized carbons (Fsp3) is 0.350.